The minimum Gasteiger partial charge on any atom is -0.503 e. The summed E-state index contributed by atoms with van der Waals surface area (Å²) in [4.78, 5) is 14.8. The summed E-state index contributed by atoms with van der Waals surface area (Å²) in [5.74, 6) is -0.478. The van der Waals surface area contributed by atoms with Gasteiger partial charge in [-0.3, -0.25) is 4.79 Å². The second kappa shape index (κ2) is 8.26. The molecule has 1 aliphatic heterocycles. The van der Waals surface area contributed by atoms with Crippen molar-refractivity contribution in [2.24, 2.45) is 0 Å². The van der Waals surface area contributed by atoms with E-state index in [0.29, 0.717) is 12.1 Å². The highest BCUT2D eigenvalue weighted by molar-refractivity contribution is 9.10. The van der Waals surface area contributed by atoms with Crippen molar-refractivity contribution in [1.29, 1.82) is 0 Å². The van der Waals surface area contributed by atoms with Crippen molar-refractivity contribution in [1.82, 2.24) is 4.90 Å². The molecule has 0 spiro atoms. The highest BCUT2D eigenvalue weighted by Crippen LogP contribution is 2.43. The van der Waals surface area contributed by atoms with Crippen molar-refractivity contribution >= 4 is 27.4 Å². The Hall–Kier alpha value is -2.85. The number of aliphatic hydroxyl groups is 1. The second-order valence-electron chi connectivity index (χ2n) is 7.32. The summed E-state index contributed by atoms with van der Waals surface area (Å²) >= 11 is 3.54. The van der Waals surface area contributed by atoms with Crippen LogP contribution in [0.15, 0.2) is 89.1 Å². The van der Waals surface area contributed by atoms with Gasteiger partial charge in [-0.05, 0) is 42.2 Å². The average molecular weight is 448 g/mol. The van der Waals surface area contributed by atoms with Crippen LogP contribution < -0.4 is 0 Å². The Labute approximate surface area is 179 Å². The maximum absolute atomic E-state index is 13.1. The molecular weight excluding hydrogens is 426 g/mol. The molecule has 4 rings (SSSR count). The predicted molar refractivity (Wildman–Crippen MR) is 119 cm³/mol. The maximum atomic E-state index is 13.1. The van der Waals surface area contributed by atoms with Gasteiger partial charge in [0.2, 0.25) is 0 Å². The Morgan fingerprint density at radius 1 is 0.966 bits per heavy atom. The fourth-order valence-corrected chi connectivity index (χ4v) is 4.25. The number of aliphatic hydroxyl groups excluding tert-OH is 1. The molecule has 0 saturated heterocycles. The van der Waals surface area contributed by atoms with E-state index in [4.69, 9.17) is 0 Å². The van der Waals surface area contributed by atoms with Gasteiger partial charge >= 0.3 is 0 Å². The fraction of sp³-hybridized carbons (Fsp3) is 0.160. The van der Waals surface area contributed by atoms with Gasteiger partial charge in [0.1, 0.15) is 0 Å². The molecule has 1 atom stereocenters. The van der Waals surface area contributed by atoms with Gasteiger partial charge in [0.05, 0.1) is 6.04 Å². The van der Waals surface area contributed by atoms with E-state index in [-0.39, 0.29) is 17.7 Å². The standard InChI is InChI=1S/C25H22BrNO2/c1-17-10-12-19(13-11-17)22-23(20-8-5-9-21(26)16-20)27(25(29)24(22)28)15-14-18-6-3-2-4-7-18/h2-13,16,23,28H,14-15H2,1H3/t23-/m1/s1. The van der Waals surface area contributed by atoms with Crippen molar-refractivity contribution in [3.63, 3.8) is 0 Å². The number of rotatable bonds is 5. The van der Waals surface area contributed by atoms with Crippen LogP contribution in [0.2, 0.25) is 0 Å². The molecule has 0 fully saturated rings. The van der Waals surface area contributed by atoms with Crippen LogP contribution in [0.5, 0.6) is 0 Å². The number of benzene rings is 3. The van der Waals surface area contributed by atoms with Crippen LogP contribution in [0, 0.1) is 6.92 Å². The molecule has 0 aliphatic carbocycles. The first-order chi connectivity index (χ1) is 14.0. The molecule has 1 N–H and O–H groups in total. The minimum atomic E-state index is -0.327. The molecule has 0 bridgehead atoms. The molecule has 146 valence electrons. The third-order valence-electron chi connectivity index (χ3n) is 5.31. The smallest absolute Gasteiger partial charge is 0.289 e. The number of carbonyl (C=O) groups excluding carboxylic acids is 1. The molecule has 0 saturated carbocycles. The normalized spacial score (nSPS) is 16.6. The molecule has 1 aliphatic rings. The van der Waals surface area contributed by atoms with Gasteiger partial charge in [-0.2, -0.15) is 0 Å². The molecule has 29 heavy (non-hydrogen) atoms. The number of carbonyl (C=O) groups is 1. The molecule has 4 heteroatoms. The molecule has 1 heterocycles. The molecule has 0 aromatic heterocycles. The zero-order valence-electron chi connectivity index (χ0n) is 16.2. The quantitative estimate of drug-likeness (QED) is 0.532. The maximum Gasteiger partial charge on any atom is 0.289 e. The number of nitrogens with zero attached hydrogens (tertiary/aromatic N) is 1. The summed E-state index contributed by atoms with van der Waals surface area (Å²) in [6, 6.07) is 25.7. The van der Waals surface area contributed by atoms with Crippen LogP contribution >= 0.6 is 15.9 Å². The van der Waals surface area contributed by atoms with E-state index in [2.05, 4.69) is 28.1 Å². The third kappa shape index (κ3) is 3.99. The largest absolute Gasteiger partial charge is 0.503 e. The predicted octanol–water partition coefficient (Wildman–Crippen LogP) is 5.85. The lowest BCUT2D eigenvalue weighted by Crippen LogP contribution is -2.32. The van der Waals surface area contributed by atoms with Crippen molar-refractivity contribution in [2.45, 2.75) is 19.4 Å². The summed E-state index contributed by atoms with van der Waals surface area (Å²) < 4.78 is 0.945. The number of aryl methyl sites for hydroxylation is 1. The Morgan fingerprint density at radius 2 is 1.69 bits per heavy atom. The van der Waals surface area contributed by atoms with Crippen LogP contribution in [0.4, 0.5) is 0 Å². The number of halogens is 1. The fourth-order valence-electron chi connectivity index (χ4n) is 3.83. The van der Waals surface area contributed by atoms with Crippen LogP contribution in [-0.4, -0.2) is 22.5 Å². The Balaban J connectivity index is 1.74. The van der Waals surface area contributed by atoms with Crippen LogP contribution in [0.1, 0.15) is 28.3 Å². The van der Waals surface area contributed by atoms with Crippen molar-refractivity contribution in [3.8, 4) is 0 Å². The first kappa shape index (κ1) is 19.5. The van der Waals surface area contributed by atoms with E-state index in [1.807, 2.05) is 73.7 Å². The highest BCUT2D eigenvalue weighted by Gasteiger charge is 2.40. The Kier molecular flexibility index (Phi) is 5.54. The summed E-state index contributed by atoms with van der Waals surface area (Å²) in [5, 5.41) is 10.8. The van der Waals surface area contributed by atoms with Crippen LogP contribution in [0.25, 0.3) is 5.57 Å². The zero-order valence-corrected chi connectivity index (χ0v) is 17.8. The molecule has 1 amide bonds. The van der Waals surface area contributed by atoms with E-state index < -0.39 is 0 Å². The van der Waals surface area contributed by atoms with Gasteiger partial charge in [-0.1, -0.05) is 88.2 Å². The molecule has 3 aromatic rings. The van der Waals surface area contributed by atoms with Gasteiger partial charge in [0.25, 0.3) is 5.91 Å². The molecule has 0 unspecified atom stereocenters. The minimum absolute atomic E-state index is 0.160. The Bertz CT molecular complexity index is 1060. The molecule has 3 nitrogen and oxygen atoms in total. The third-order valence-corrected chi connectivity index (χ3v) is 5.81. The van der Waals surface area contributed by atoms with Gasteiger partial charge in [-0.15, -0.1) is 0 Å². The number of hydrogen-bond acceptors (Lipinski definition) is 2. The lowest BCUT2D eigenvalue weighted by atomic mass is 9.93. The van der Waals surface area contributed by atoms with Crippen LogP contribution in [0.3, 0.4) is 0 Å². The summed E-state index contributed by atoms with van der Waals surface area (Å²) in [7, 11) is 0. The Morgan fingerprint density at radius 3 is 2.38 bits per heavy atom. The number of amides is 1. The lowest BCUT2D eigenvalue weighted by molar-refractivity contribution is -0.129. The van der Waals surface area contributed by atoms with Gasteiger partial charge < -0.3 is 10.0 Å². The average Bonchev–Trinajstić information content (AvgIpc) is 2.98. The second-order valence-corrected chi connectivity index (χ2v) is 8.24. The SMILES string of the molecule is Cc1ccc(C2=C(O)C(=O)N(CCc3ccccc3)[C@@H]2c2cccc(Br)c2)cc1. The molecule has 3 aromatic carbocycles. The molecule has 0 radical (unpaired) electrons. The zero-order chi connectivity index (χ0) is 20.4. The monoisotopic (exact) mass is 447 g/mol. The van der Waals surface area contributed by atoms with Gasteiger partial charge in [0, 0.05) is 16.6 Å². The summed E-state index contributed by atoms with van der Waals surface area (Å²) in [6.45, 7) is 2.55. The highest BCUT2D eigenvalue weighted by atomic mass is 79.9. The van der Waals surface area contributed by atoms with Crippen LogP contribution in [-0.2, 0) is 11.2 Å². The lowest BCUT2D eigenvalue weighted by Gasteiger charge is -2.27. The van der Waals surface area contributed by atoms with Gasteiger partial charge in [0.15, 0.2) is 5.76 Å². The van der Waals surface area contributed by atoms with Crippen molar-refractivity contribution < 1.29 is 9.90 Å². The van der Waals surface area contributed by atoms with Gasteiger partial charge in [-0.25, -0.2) is 0 Å². The van der Waals surface area contributed by atoms with E-state index in [1.165, 1.54) is 0 Å². The van der Waals surface area contributed by atoms with Crippen molar-refractivity contribution in [3.05, 3.63) is 111 Å². The first-order valence-electron chi connectivity index (χ1n) is 9.65. The topological polar surface area (TPSA) is 40.5 Å². The van der Waals surface area contributed by atoms with Crippen molar-refractivity contribution in [2.75, 3.05) is 6.54 Å². The summed E-state index contributed by atoms with van der Waals surface area (Å²) in [5.41, 5.74) is 4.81. The van der Waals surface area contributed by atoms with E-state index in [9.17, 15) is 9.90 Å². The first-order valence-corrected chi connectivity index (χ1v) is 10.4. The molecular formula is C25H22BrNO2. The van der Waals surface area contributed by atoms with E-state index in [0.717, 1.165) is 33.1 Å². The number of hydrogen-bond donors (Lipinski definition) is 1. The van der Waals surface area contributed by atoms with E-state index in [1.54, 1.807) is 4.90 Å². The van der Waals surface area contributed by atoms with E-state index >= 15 is 0 Å². The summed E-state index contributed by atoms with van der Waals surface area (Å²) in [6.07, 6.45) is 0.728.